The Labute approximate surface area is 510 Å². The Morgan fingerprint density at radius 3 is 0.683 bits per heavy atom. The second-order valence-electron chi connectivity index (χ2n) is 24.5. The zero-order valence-corrected chi connectivity index (χ0v) is 55.0. The van der Waals surface area contributed by atoms with E-state index in [1.807, 2.05) is 0 Å². The van der Waals surface area contributed by atoms with Crippen molar-refractivity contribution in [2.24, 2.45) is 0 Å². The molecule has 0 saturated heterocycles. The number of carbonyl (C=O) groups is 3. The normalized spacial score (nSPS) is 12.4. The van der Waals surface area contributed by atoms with Gasteiger partial charge in [0.1, 0.15) is 13.2 Å². The lowest BCUT2D eigenvalue weighted by Gasteiger charge is -2.18. The van der Waals surface area contributed by atoms with Crippen molar-refractivity contribution in [3.05, 3.63) is 60.8 Å². The summed E-state index contributed by atoms with van der Waals surface area (Å²) in [5, 5.41) is 0. The highest BCUT2D eigenvalue weighted by atomic mass is 16.6. The van der Waals surface area contributed by atoms with Gasteiger partial charge in [0.05, 0.1) is 0 Å². The molecule has 0 aromatic heterocycles. The zero-order valence-electron chi connectivity index (χ0n) is 55.0. The molecule has 0 N–H and O–H groups in total. The SMILES string of the molecule is CCCCCCC/C=C\C/C=C\C/C=C\CCCCCCCCCCCCCCC(=O)OCC(COC(=O)CCCCCCCCCCCCCCCCCC)OC(=O)CCCCCCCCCCC/C=C\C/C=C\CCCCCCC. The molecule has 0 aliphatic rings. The van der Waals surface area contributed by atoms with Crippen molar-refractivity contribution in [2.45, 2.75) is 393 Å². The predicted molar refractivity (Wildman–Crippen MR) is 358 cm³/mol. The molecule has 0 aromatic carbocycles. The molecule has 0 aromatic rings. The highest BCUT2D eigenvalue weighted by Crippen LogP contribution is 2.18. The first-order chi connectivity index (χ1) is 40.5. The van der Waals surface area contributed by atoms with Crippen molar-refractivity contribution >= 4 is 17.9 Å². The molecule has 6 heteroatoms. The van der Waals surface area contributed by atoms with E-state index in [0.29, 0.717) is 19.3 Å². The molecule has 0 heterocycles. The van der Waals surface area contributed by atoms with Crippen LogP contribution in [0.15, 0.2) is 60.8 Å². The number of rotatable bonds is 67. The largest absolute Gasteiger partial charge is 0.462 e. The first-order valence-electron chi connectivity index (χ1n) is 36.3. The van der Waals surface area contributed by atoms with E-state index in [1.54, 1.807) is 0 Å². The Hall–Kier alpha value is -2.89. The molecular formula is C76H138O6. The molecule has 0 bridgehead atoms. The summed E-state index contributed by atoms with van der Waals surface area (Å²) in [4.78, 5) is 38.5. The van der Waals surface area contributed by atoms with Crippen LogP contribution in [0.2, 0.25) is 0 Å². The molecule has 0 fully saturated rings. The van der Waals surface area contributed by atoms with Crippen LogP contribution in [0.4, 0.5) is 0 Å². The molecule has 1 unspecified atom stereocenters. The summed E-state index contributed by atoms with van der Waals surface area (Å²) >= 11 is 0. The Bertz CT molecular complexity index is 1460. The van der Waals surface area contributed by atoms with Gasteiger partial charge >= 0.3 is 17.9 Å². The van der Waals surface area contributed by atoms with E-state index in [1.165, 1.54) is 270 Å². The fourth-order valence-electron chi connectivity index (χ4n) is 10.8. The average molecular weight is 1150 g/mol. The summed E-state index contributed by atoms with van der Waals surface area (Å²) in [6.45, 7) is 6.68. The van der Waals surface area contributed by atoms with Crippen molar-refractivity contribution in [3.8, 4) is 0 Å². The van der Waals surface area contributed by atoms with Gasteiger partial charge in [0.15, 0.2) is 6.10 Å². The Balaban J connectivity index is 4.30. The van der Waals surface area contributed by atoms with E-state index in [4.69, 9.17) is 14.2 Å². The van der Waals surface area contributed by atoms with Gasteiger partial charge in [-0.3, -0.25) is 14.4 Å². The fourth-order valence-corrected chi connectivity index (χ4v) is 10.8. The maximum absolute atomic E-state index is 13.0. The first kappa shape index (κ1) is 79.1. The first-order valence-corrected chi connectivity index (χ1v) is 36.3. The third kappa shape index (κ3) is 67.9. The minimum Gasteiger partial charge on any atom is -0.462 e. The highest BCUT2D eigenvalue weighted by Gasteiger charge is 2.19. The van der Waals surface area contributed by atoms with Gasteiger partial charge in [-0.05, 0) is 89.9 Å². The second kappa shape index (κ2) is 70.6. The van der Waals surface area contributed by atoms with Crippen molar-refractivity contribution in [2.75, 3.05) is 13.2 Å². The molecule has 6 nitrogen and oxygen atoms in total. The number of unbranched alkanes of at least 4 members (excludes halogenated alkanes) is 46. The molecule has 0 amide bonds. The zero-order chi connectivity index (χ0) is 59.2. The molecule has 0 aliphatic carbocycles. The van der Waals surface area contributed by atoms with Crippen molar-refractivity contribution in [1.82, 2.24) is 0 Å². The van der Waals surface area contributed by atoms with E-state index in [-0.39, 0.29) is 31.1 Å². The number of allylic oxidation sites excluding steroid dienone is 10. The lowest BCUT2D eigenvalue weighted by atomic mass is 10.0. The van der Waals surface area contributed by atoms with Crippen LogP contribution in [-0.4, -0.2) is 37.2 Å². The van der Waals surface area contributed by atoms with E-state index >= 15 is 0 Å². The van der Waals surface area contributed by atoms with E-state index in [2.05, 4.69) is 81.5 Å². The monoisotopic (exact) mass is 1150 g/mol. The van der Waals surface area contributed by atoms with E-state index < -0.39 is 6.10 Å². The van der Waals surface area contributed by atoms with Gasteiger partial charge in [0, 0.05) is 19.3 Å². The molecule has 0 spiro atoms. The summed E-state index contributed by atoms with van der Waals surface area (Å²) in [5.41, 5.74) is 0. The van der Waals surface area contributed by atoms with Gasteiger partial charge in [-0.25, -0.2) is 0 Å². The number of carbonyl (C=O) groups excluding carboxylic acids is 3. The van der Waals surface area contributed by atoms with Crippen molar-refractivity contribution in [3.63, 3.8) is 0 Å². The topological polar surface area (TPSA) is 78.9 Å². The number of hydrogen-bond donors (Lipinski definition) is 0. The maximum atomic E-state index is 13.0. The third-order valence-electron chi connectivity index (χ3n) is 16.2. The van der Waals surface area contributed by atoms with Gasteiger partial charge in [-0.15, -0.1) is 0 Å². The minimum atomic E-state index is -0.777. The van der Waals surface area contributed by atoms with Gasteiger partial charge in [0.25, 0.3) is 0 Å². The molecule has 0 saturated carbocycles. The van der Waals surface area contributed by atoms with Crippen molar-refractivity contribution in [1.29, 1.82) is 0 Å². The predicted octanol–water partition coefficient (Wildman–Crippen LogP) is 25.1. The Kier molecular flexibility index (Phi) is 68.1. The summed E-state index contributed by atoms with van der Waals surface area (Å²) in [6, 6.07) is 0. The van der Waals surface area contributed by atoms with Crippen LogP contribution < -0.4 is 0 Å². The standard InChI is InChI=1S/C76H138O6/c1-4-7-10-13-16-19-22-25-28-31-33-35-36-37-38-39-40-42-43-45-48-51-54-57-60-63-66-69-75(78)81-72-73(71-80-74(77)68-65-62-59-56-53-50-47-30-27-24-21-18-15-12-9-6-3)82-76(79)70-67-64-61-58-55-52-49-46-44-41-34-32-29-26-23-20-17-14-11-8-5-2/h22-23,25-26,31-34,36-37,73H,4-21,24,27-30,35,38-72H2,1-3H3/b25-22-,26-23-,33-31-,34-32-,37-36-. The third-order valence-corrected chi connectivity index (χ3v) is 16.2. The molecule has 1 atom stereocenters. The number of ether oxygens (including phenoxy) is 3. The van der Waals surface area contributed by atoms with Crippen LogP contribution in [0.5, 0.6) is 0 Å². The Morgan fingerprint density at radius 1 is 0.244 bits per heavy atom. The lowest BCUT2D eigenvalue weighted by Crippen LogP contribution is -2.30. The van der Waals surface area contributed by atoms with Crippen LogP contribution in [0.25, 0.3) is 0 Å². The van der Waals surface area contributed by atoms with Gasteiger partial charge in [-0.1, -0.05) is 338 Å². The molecule has 478 valence electrons. The molecule has 0 aliphatic heterocycles. The van der Waals surface area contributed by atoms with Crippen molar-refractivity contribution < 1.29 is 28.6 Å². The van der Waals surface area contributed by atoms with Gasteiger partial charge in [-0.2, -0.15) is 0 Å². The van der Waals surface area contributed by atoms with Gasteiger partial charge < -0.3 is 14.2 Å². The van der Waals surface area contributed by atoms with Crippen LogP contribution in [0, 0.1) is 0 Å². The van der Waals surface area contributed by atoms with Crippen LogP contribution in [-0.2, 0) is 28.6 Å². The Morgan fingerprint density at radius 2 is 0.439 bits per heavy atom. The summed E-state index contributed by atoms with van der Waals surface area (Å²) in [6.07, 6.45) is 91.0. The molecule has 82 heavy (non-hydrogen) atoms. The highest BCUT2D eigenvalue weighted by molar-refractivity contribution is 5.71. The smallest absolute Gasteiger partial charge is 0.306 e. The summed E-state index contributed by atoms with van der Waals surface area (Å²) in [7, 11) is 0. The quantitative estimate of drug-likeness (QED) is 0.0261. The van der Waals surface area contributed by atoms with Crippen LogP contribution >= 0.6 is 0 Å². The second-order valence-corrected chi connectivity index (χ2v) is 24.5. The minimum absolute atomic E-state index is 0.0719. The fraction of sp³-hybridized carbons (Fsp3) is 0.829. The summed E-state index contributed by atoms with van der Waals surface area (Å²) < 4.78 is 17.0. The molecule has 0 rings (SSSR count). The van der Waals surface area contributed by atoms with E-state index in [0.717, 1.165) is 77.0 Å². The lowest BCUT2D eigenvalue weighted by molar-refractivity contribution is -0.167. The maximum Gasteiger partial charge on any atom is 0.306 e. The van der Waals surface area contributed by atoms with Gasteiger partial charge in [0.2, 0.25) is 0 Å². The van der Waals surface area contributed by atoms with Crippen LogP contribution in [0.1, 0.15) is 387 Å². The molecular weight excluding hydrogens is 1010 g/mol. The van der Waals surface area contributed by atoms with E-state index in [9.17, 15) is 14.4 Å². The average Bonchev–Trinajstić information content (AvgIpc) is 3.47. The number of hydrogen-bond acceptors (Lipinski definition) is 6. The summed E-state index contributed by atoms with van der Waals surface area (Å²) in [5.74, 6) is -0.852. The van der Waals surface area contributed by atoms with Crippen LogP contribution in [0.3, 0.4) is 0 Å². The number of esters is 3. The molecule has 0 radical (unpaired) electrons.